The fourth-order valence-corrected chi connectivity index (χ4v) is 6.91. The molecule has 1 aliphatic carbocycles. The minimum atomic E-state index is -3.89. The van der Waals surface area contributed by atoms with Crippen LogP contribution in [-0.4, -0.2) is 77.0 Å². The van der Waals surface area contributed by atoms with E-state index in [0.717, 1.165) is 24.0 Å². The number of nitrogens with one attached hydrogen (secondary N) is 2. The molecule has 2 aromatic rings. The molecule has 44 heavy (non-hydrogen) atoms. The maximum Gasteiger partial charge on any atom is 0.314 e. The number of aryl methyl sites for hydroxylation is 1. The third-order valence-electron chi connectivity index (χ3n) is 7.99. The van der Waals surface area contributed by atoms with Gasteiger partial charge < -0.3 is 24.8 Å². The van der Waals surface area contributed by atoms with Gasteiger partial charge in [-0.05, 0) is 68.9 Å². The summed E-state index contributed by atoms with van der Waals surface area (Å²) in [4.78, 5) is 39.5. The smallest absolute Gasteiger partial charge is 0.314 e. The molecule has 240 valence electrons. The van der Waals surface area contributed by atoms with Crippen LogP contribution >= 0.6 is 0 Å². The predicted octanol–water partition coefficient (Wildman–Crippen LogP) is 2.99. The number of rotatable bonds is 7. The van der Waals surface area contributed by atoms with Crippen LogP contribution in [0.4, 0.5) is 0 Å². The molecule has 0 aromatic heterocycles. The first kappa shape index (κ1) is 33.3. The van der Waals surface area contributed by atoms with Gasteiger partial charge in [-0.2, -0.15) is 4.31 Å². The Morgan fingerprint density at radius 1 is 1.07 bits per heavy atom. The van der Waals surface area contributed by atoms with E-state index in [9.17, 15) is 22.8 Å². The molecule has 12 heteroatoms. The summed E-state index contributed by atoms with van der Waals surface area (Å²) in [6.07, 6.45) is 3.18. The number of carbonyl (C=O) groups is 3. The summed E-state index contributed by atoms with van der Waals surface area (Å²) in [6.45, 7) is 3.73. The van der Waals surface area contributed by atoms with Gasteiger partial charge in [-0.3, -0.25) is 14.4 Å². The van der Waals surface area contributed by atoms with Crippen LogP contribution in [0, 0.1) is 18.3 Å². The minimum absolute atomic E-state index is 0.00966. The number of sulfonamides is 1. The molecule has 2 bridgehead atoms. The molecule has 2 aliphatic rings. The standard InChI is InChI=1S/C32H43N3O8S/c1-4-42-31(38)32(19-24-9-10-24)20-25-11-14-27(41-3)28(18-25)43-21-30(37)33-15-17-35(16-5-6-29(36)34-22-32)44(39,40)26-12-7-23(2)8-13-26/h7-8,11-14,18,24H,4-6,9-10,15-17,19-22H2,1-3H3,(H,33,37)(H,34,36). The van der Waals surface area contributed by atoms with Crippen LogP contribution in [0.3, 0.4) is 0 Å². The maximum atomic E-state index is 13.5. The van der Waals surface area contributed by atoms with E-state index in [1.165, 1.54) is 11.4 Å². The van der Waals surface area contributed by atoms with E-state index in [1.54, 1.807) is 43.3 Å². The third-order valence-corrected chi connectivity index (χ3v) is 9.90. The Hall–Kier alpha value is -3.64. The number of fused-ring (bicyclic) bond motifs is 2. The Bertz CT molecular complexity index is 1430. The van der Waals surface area contributed by atoms with Crippen LogP contribution in [0.25, 0.3) is 0 Å². The molecular weight excluding hydrogens is 586 g/mol. The van der Waals surface area contributed by atoms with Crippen molar-refractivity contribution in [3.05, 3.63) is 53.6 Å². The van der Waals surface area contributed by atoms with Crippen LogP contribution in [0.5, 0.6) is 11.5 Å². The van der Waals surface area contributed by atoms with Gasteiger partial charge in [-0.15, -0.1) is 0 Å². The molecule has 2 N–H and O–H groups in total. The summed E-state index contributed by atoms with van der Waals surface area (Å²) in [5.41, 5.74) is 0.694. The summed E-state index contributed by atoms with van der Waals surface area (Å²) in [5, 5.41) is 5.68. The van der Waals surface area contributed by atoms with Crippen molar-refractivity contribution >= 4 is 27.8 Å². The van der Waals surface area contributed by atoms with Crippen molar-refractivity contribution in [3.63, 3.8) is 0 Å². The summed E-state index contributed by atoms with van der Waals surface area (Å²) in [7, 11) is -2.39. The molecule has 0 saturated heterocycles. The number of ether oxygens (including phenoxy) is 3. The van der Waals surface area contributed by atoms with Crippen molar-refractivity contribution in [2.75, 3.05) is 46.5 Å². The van der Waals surface area contributed by atoms with E-state index in [1.807, 2.05) is 13.0 Å². The molecule has 2 amide bonds. The van der Waals surface area contributed by atoms with Crippen LogP contribution in [0.15, 0.2) is 47.4 Å². The molecule has 11 nitrogen and oxygen atoms in total. The largest absolute Gasteiger partial charge is 0.493 e. The Balaban J connectivity index is 1.63. The predicted molar refractivity (Wildman–Crippen MR) is 164 cm³/mol. The monoisotopic (exact) mass is 629 g/mol. The van der Waals surface area contributed by atoms with Gasteiger partial charge in [0.25, 0.3) is 5.91 Å². The number of nitrogens with zero attached hydrogens (tertiary/aromatic N) is 1. The second-order valence-electron chi connectivity index (χ2n) is 11.5. The molecule has 1 fully saturated rings. The lowest BCUT2D eigenvalue weighted by Crippen LogP contribution is -2.46. The van der Waals surface area contributed by atoms with E-state index < -0.39 is 21.3 Å². The zero-order valence-corrected chi connectivity index (χ0v) is 26.5. The third kappa shape index (κ3) is 8.72. The van der Waals surface area contributed by atoms with Crippen LogP contribution in [-0.2, 0) is 35.6 Å². The molecule has 2 aromatic carbocycles. The fourth-order valence-electron chi connectivity index (χ4n) is 5.43. The molecule has 1 atom stereocenters. The quantitative estimate of drug-likeness (QED) is 0.446. The number of esters is 1. The highest BCUT2D eigenvalue weighted by molar-refractivity contribution is 7.89. The summed E-state index contributed by atoms with van der Waals surface area (Å²) in [6, 6.07) is 11.9. The van der Waals surface area contributed by atoms with Gasteiger partial charge >= 0.3 is 5.97 Å². The molecule has 1 aliphatic heterocycles. The SMILES string of the molecule is CCOC(=O)C1(CC2CC2)CNC(=O)CCCN(S(=O)(=O)c2ccc(C)cc2)CCNC(=O)COc2cc(ccc2OC)C1. The highest BCUT2D eigenvalue weighted by Crippen LogP contribution is 2.43. The van der Waals surface area contributed by atoms with Gasteiger partial charge in [-0.25, -0.2) is 8.42 Å². The second kappa shape index (κ2) is 14.9. The van der Waals surface area contributed by atoms with Crippen molar-refractivity contribution in [2.24, 2.45) is 11.3 Å². The van der Waals surface area contributed by atoms with Crippen molar-refractivity contribution in [1.29, 1.82) is 0 Å². The molecule has 4 rings (SSSR count). The van der Waals surface area contributed by atoms with Crippen LogP contribution in [0.1, 0.15) is 50.2 Å². The average molecular weight is 630 g/mol. The maximum absolute atomic E-state index is 13.5. The van der Waals surface area contributed by atoms with Gasteiger partial charge in [0.05, 0.1) is 24.0 Å². The van der Waals surface area contributed by atoms with Gasteiger partial charge in [-0.1, -0.05) is 36.6 Å². The first-order valence-electron chi connectivity index (χ1n) is 15.1. The summed E-state index contributed by atoms with van der Waals surface area (Å²) < 4.78 is 45.1. The molecule has 1 heterocycles. The Labute approximate surface area is 259 Å². The number of amides is 2. The van der Waals surface area contributed by atoms with Gasteiger partial charge in [0.15, 0.2) is 18.1 Å². The van der Waals surface area contributed by atoms with E-state index in [4.69, 9.17) is 14.2 Å². The van der Waals surface area contributed by atoms with Crippen molar-refractivity contribution < 1.29 is 37.0 Å². The lowest BCUT2D eigenvalue weighted by molar-refractivity contribution is -0.156. The molecule has 1 saturated carbocycles. The second-order valence-corrected chi connectivity index (χ2v) is 13.5. The number of benzene rings is 2. The van der Waals surface area contributed by atoms with Crippen LogP contribution < -0.4 is 20.1 Å². The zero-order chi connectivity index (χ0) is 31.7. The minimum Gasteiger partial charge on any atom is -0.493 e. The highest BCUT2D eigenvalue weighted by Gasteiger charge is 2.45. The van der Waals surface area contributed by atoms with Crippen LogP contribution in [0.2, 0.25) is 0 Å². The fraction of sp³-hybridized carbons (Fsp3) is 0.531. The van der Waals surface area contributed by atoms with Crippen molar-refractivity contribution in [3.8, 4) is 11.5 Å². The lowest BCUT2D eigenvalue weighted by Gasteiger charge is -2.32. The van der Waals surface area contributed by atoms with Gasteiger partial charge in [0.2, 0.25) is 15.9 Å². The van der Waals surface area contributed by atoms with E-state index in [2.05, 4.69) is 10.6 Å². The first-order valence-corrected chi connectivity index (χ1v) is 16.6. The number of carbonyl (C=O) groups excluding carboxylic acids is 3. The summed E-state index contributed by atoms with van der Waals surface area (Å²) in [5.74, 6) is 0.0131. The zero-order valence-electron chi connectivity index (χ0n) is 25.7. The Kier molecular flexibility index (Phi) is 11.3. The number of methoxy groups -OCH3 is 1. The number of hydrogen-bond donors (Lipinski definition) is 2. The van der Waals surface area contributed by atoms with Gasteiger partial charge in [0.1, 0.15) is 0 Å². The number of hydrogen-bond acceptors (Lipinski definition) is 8. The average Bonchev–Trinajstić information content (AvgIpc) is 3.82. The van der Waals surface area contributed by atoms with Crippen molar-refractivity contribution in [2.45, 2.75) is 57.3 Å². The Morgan fingerprint density at radius 3 is 2.50 bits per heavy atom. The van der Waals surface area contributed by atoms with Gasteiger partial charge in [0, 0.05) is 32.6 Å². The van der Waals surface area contributed by atoms with E-state index in [0.29, 0.717) is 23.8 Å². The molecule has 0 radical (unpaired) electrons. The van der Waals surface area contributed by atoms with E-state index >= 15 is 0 Å². The Morgan fingerprint density at radius 2 is 1.82 bits per heavy atom. The molecular formula is C32H43N3O8S. The van der Waals surface area contributed by atoms with E-state index in [-0.39, 0.29) is 75.4 Å². The lowest BCUT2D eigenvalue weighted by atomic mass is 9.76. The topological polar surface area (TPSA) is 140 Å². The normalized spacial score (nSPS) is 21.2. The highest BCUT2D eigenvalue weighted by atomic mass is 32.2. The van der Waals surface area contributed by atoms with Crippen molar-refractivity contribution in [1.82, 2.24) is 14.9 Å². The molecule has 1 unspecified atom stereocenters. The first-order chi connectivity index (χ1) is 21.1. The molecule has 0 spiro atoms. The summed E-state index contributed by atoms with van der Waals surface area (Å²) >= 11 is 0.